The summed E-state index contributed by atoms with van der Waals surface area (Å²) in [5.74, 6) is 2.50. The second-order valence-corrected chi connectivity index (χ2v) is 7.21. The highest BCUT2D eigenvalue weighted by Gasteiger charge is 2.26. The molecule has 0 atom stereocenters. The predicted octanol–water partition coefficient (Wildman–Crippen LogP) is 3.78. The van der Waals surface area contributed by atoms with E-state index in [0.717, 1.165) is 36.2 Å². The van der Waals surface area contributed by atoms with E-state index in [-0.39, 0.29) is 0 Å². The largest absolute Gasteiger partial charge is 0.310 e. The van der Waals surface area contributed by atoms with Gasteiger partial charge < -0.3 is 5.32 Å². The van der Waals surface area contributed by atoms with E-state index in [4.69, 9.17) is 0 Å². The van der Waals surface area contributed by atoms with E-state index in [1.807, 2.05) is 30.3 Å². The summed E-state index contributed by atoms with van der Waals surface area (Å²) in [7, 11) is 0. The van der Waals surface area contributed by atoms with E-state index < -0.39 is 0 Å². The predicted molar refractivity (Wildman–Crippen MR) is 89.3 cm³/mol. The molecule has 0 bridgehead atoms. The van der Waals surface area contributed by atoms with Crippen molar-refractivity contribution < 1.29 is 0 Å². The molecular weight excluding hydrogens is 272 g/mol. The Hall–Kier alpha value is -1.68. The highest BCUT2D eigenvalue weighted by atomic mass is 15.2. The first-order valence-corrected chi connectivity index (χ1v) is 8.30. The molecule has 4 heteroatoms. The molecule has 0 amide bonds. The molecule has 1 saturated carbocycles. The number of nitrogens with zero attached hydrogens (tertiary/aromatic N) is 2. The summed E-state index contributed by atoms with van der Waals surface area (Å²) < 4.78 is 0. The Balaban J connectivity index is 1.46. The summed E-state index contributed by atoms with van der Waals surface area (Å²) >= 11 is 0. The van der Waals surface area contributed by atoms with Crippen LogP contribution in [0.5, 0.6) is 0 Å². The van der Waals surface area contributed by atoms with Gasteiger partial charge in [0.1, 0.15) is 5.82 Å². The molecule has 1 fully saturated rings. The molecule has 2 N–H and O–H groups in total. The molecule has 3 rings (SSSR count). The summed E-state index contributed by atoms with van der Waals surface area (Å²) in [5, 5.41) is 10.9. The van der Waals surface area contributed by atoms with E-state index in [9.17, 15) is 0 Å². The molecule has 0 radical (unpaired) electrons. The molecule has 0 unspecified atom stereocenters. The standard InChI is InChI=1S/C18H26N4/c1-18(2)10-8-14(9-11-18)12-19-13-16-20-17(22-21-16)15-6-4-3-5-7-15/h3-7,14,19H,8-13H2,1-2H3,(H,20,21,22). The molecule has 0 saturated heterocycles. The number of aromatic nitrogens is 3. The summed E-state index contributed by atoms with van der Waals surface area (Å²) in [6.45, 7) is 6.61. The van der Waals surface area contributed by atoms with Gasteiger partial charge in [-0.25, -0.2) is 4.98 Å². The third-order valence-corrected chi connectivity index (χ3v) is 4.75. The normalized spacial score (nSPS) is 18.5. The molecule has 1 aliphatic rings. The monoisotopic (exact) mass is 298 g/mol. The second kappa shape index (κ2) is 6.61. The van der Waals surface area contributed by atoms with Crippen LogP contribution in [-0.4, -0.2) is 21.7 Å². The maximum Gasteiger partial charge on any atom is 0.181 e. The second-order valence-electron chi connectivity index (χ2n) is 7.21. The van der Waals surface area contributed by atoms with Crippen LogP contribution in [0.1, 0.15) is 45.4 Å². The summed E-state index contributed by atoms with van der Waals surface area (Å²) in [6, 6.07) is 10.1. The molecule has 0 aliphatic heterocycles. The Morgan fingerprint density at radius 3 is 2.64 bits per heavy atom. The van der Waals surface area contributed by atoms with E-state index in [2.05, 4.69) is 34.3 Å². The topological polar surface area (TPSA) is 53.6 Å². The van der Waals surface area contributed by atoms with E-state index in [1.54, 1.807) is 0 Å². The molecular formula is C18H26N4. The fourth-order valence-corrected chi connectivity index (χ4v) is 3.15. The Bertz CT molecular complexity index is 578. The number of H-pyrrole nitrogens is 1. The first kappa shape index (κ1) is 15.2. The van der Waals surface area contributed by atoms with Crippen LogP contribution in [0.4, 0.5) is 0 Å². The Morgan fingerprint density at radius 2 is 1.91 bits per heavy atom. The number of benzene rings is 1. The van der Waals surface area contributed by atoms with Crippen molar-refractivity contribution in [3.05, 3.63) is 36.2 Å². The van der Waals surface area contributed by atoms with Gasteiger partial charge in [-0.3, -0.25) is 5.10 Å². The quantitative estimate of drug-likeness (QED) is 0.883. The zero-order chi connectivity index (χ0) is 15.4. The minimum absolute atomic E-state index is 0.548. The van der Waals surface area contributed by atoms with Gasteiger partial charge in [0.2, 0.25) is 0 Å². The van der Waals surface area contributed by atoms with Crippen molar-refractivity contribution in [3.8, 4) is 11.4 Å². The highest BCUT2D eigenvalue weighted by Crippen LogP contribution is 2.37. The van der Waals surface area contributed by atoms with Gasteiger partial charge in [0, 0.05) is 5.56 Å². The lowest BCUT2D eigenvalue weighted by Crippen LogP contribution is -2.29. The molecule has 1 aromatic carbocycles. The van der Waals surface area contributed by atoms with Crippen molar-refractivity contribution in [2.75, 3.05) is 6.54 Å². The van der Waals surface area contributed by atoms with Crippen LogP contribution in [0.15, 0.2) is 30.3 Å². The third kappa shape index (κ3) is 3.95. The van der Waals surface area contributed by atoms with Gasteiger partial charge in [-0.2, -0.15) is 5.10 Å². The van der Waals surface area contributed by atoms with E-state index in [0.29, 0.717) is 5.41 Å². The average Bonchev–Trinajstić information content (AvgIpc) is 2.99. The zero-order valence-corrected chi connectivity index (χ0v) is 13.6. The fourth-order valence-electron chi connectivity index (χ4n) is 3.15. The molecule has 118 valence electrons. The maximum atomic E-state index is 4.56. The number of aromatic amines is 1. The van der Waals surface area contributed by atoms with Gasteiger partial charge in [-0.15, -0.1) is 0 Å². The molecule has 4 nitrogen and oxygen atoms in total. The van der Waals surface area contributed by atoms with Gasteiger partial charge in [0.15, 0.2) is 5.82 Å². The molecule has 1 aliphatic carbocycles. The number of hydrogen-bond acceptors (Lipinski definition) is 3. The van der Waals surface area contributed by atoms with Crippen LogP contribution in [0.25, 0.3) is 11.4 Å². The average molecular weight is 298 g/mol. The SMILES string of the molecule is CC1(C)CCC(CNCc2nc(-c3ccccc3)n[nH]2)CC1. The molecule has 1 heterocycles. The fraction of sp³-hybridized carbons (Fsp3) is 0.556. The lowest BCUT2D eigenvalue weighted by Gasteiger charge is -2.34. The van der Waals surface area contributed by atoms with Crippen LogP contribution in [0.3, 0.4) is 0 Å². The summed E-state index contributed by atoms with van der Waals surface area (Å²) in [4.78, 5) is 4.56. The van der Waals surface area contributed by atoms with Crippen molar-refractivity contribution in [3.63, 3.8) is 0 Å². The van der Waals surface area contributed by atoms with E-state index >= 15 is 0 Å². The van der Waals surface area contributed by atoms with Crippen LogP contribution in [0, 0.1) is 11.3 Å². The van der Waals surface area contributed by atoms with Crippen LogP contribution in [-0.2, 0) is 6.54 Å². The Labute approximate surface area is 132 Å². The Kier molecular flexibility index (Phi) is 4.57. The molecule has 0 spiro atoms. The number of hydrogen-bond donors (Lipinski definition) is 2. The van der Waals surface area contributed by atoms with Gasteiger partial charge in [0.05, 0.1) is 6.54 Å². The van der Waals surface area contributed by atoms with Gasteiger partial charge >= 0.3 is 0 Å². The van der Waals surface area contributed by atoms with Crippen molar-refractivity contribution in [2.45, 2.75) is 46.1 Å². The minimum Gasteiger partial charge on any atom is -0.310 e. The van der Waals surface area contributed by atoms with Crippen molar-refractivity contribution in [2.24, 2.45) is 11.3 Å². The number of nitrogens with one attached hydrogen (secondary N) is 2. The molecule has 2 aromatic rings. The van der Waals surface area contributed by atoms with Crippen molar-refractivity contribution >= 4 is 0 Å². The lowest BCUT2D eigenvalue weighted by atomic mass is 9.73. The van der Waals surface area contributed by atoms with Gasteiger partial charge in [-0.05, 0) is 43.6 Å². The zero-order valence-electron chi connectivity index (χ0n) is 13.6. The summed E-state index contributed by atoms with van der Waals surface area (Å²) in [6.07, 6.45) is 5.37. The van der Waals surface area contributed by atoms with Crippen LogP contribution >= 0.6 is 0 Å². The lowest BCUT2D eigenvalue weighted by molar-refractivity contribution is 0.188. The maximum absolute atomic E-state index is 4.56. The first-order chi connectivity index (χ1) is 10.6. The Morgan fingerprint density at radius 1 is 1.18 bits per heavy atom. The van der Waals surface area contributed by atoms with Crippen molar-refractivity contribution in [1.82, 2.24) is 20.5 Å². The molecule has 22 heavy (non-hydrogen) atoms. The molecule has 1 aromatic heterocycles. The van der Waals surface area contributed by atoms with Crippen molar-refractivity contribution in [1.29, 1.82) is 0 Å². The highest BCUT2D eigenvalue weighted by molar-refractivity contribution is 5.53. The van der Waals surface area contributed by atoms with Gasteiger partial charge in [-0.1, -0.05) is 44.2 Å². The minimum atomic E-state index is 0.548. The smallest absolute Gasteiger partial charge is 0.181 e. The third-order valence-electron chi connectivity index (χ3n) is 4.75. The summed E-state index contributed by atoms with van der Waals surface area (Å²) in [5.41, 5.74) is 1.60. The van der Waals surface area contributed by atoms with Gasteiger partial charge in [0.25, 0.3) is 0 Å². The number of rotatable bonds is 5. The first-order valence-electron chi connectivity index (χ1n) is 8.30. The van der Waals surface area contributed by atoms with Crippen LogP contribution < -0.4 is 5.32 Å². The van der Waals surface area contributed by atoms with E-state index in [1.165, 1.54) is 25.7 Å². The van der Waals surface area contributed by atoms with Crippen LogP contribution in [0.2, 0.25) is 0 Å².